The zero-order valence-electron chi connectivity index (χ0n) is 17.9. The highest BCUT2D eigenvalue weighted by atomic mass is 32.2. The molecular formula is C24H25FN2O4S. The Balaban J connectivity index is 1.93. The van der Waals surface area contributed by atoms with Gasteiger partial charge in [-0.2, -0.15) is 0 Å². The van der Waals surface area contributed by atoms with Crippen LogP contribution in [0.5, 0.6) is 5.75 Å². The lowest BCUT2D eigenvalue weighted by Gasteiger charge is -2.26. The van der Waals surface area contributed by atoms with E-state index in [0.29, 0.717) is 17.9 Å². The fraction of sp³-hybridized carbons (Fsp3) is 0.208. The maximum atomic E-state index is 13.5. The molecule has 3 aromatic carbocycles. The summed E-state index contributed by atoms with van der Waals surface area (Å²) in [7, 11) is -4.05. The Kier molecular flexibility index (Phi) is 7.48. The second-order valence-electron chi connectivity index (χ2n) is 7.07. The van der Waals surface area contributed by atoms with Crippen molar-refractivity contribution < 1.29 is 22.3 Å². The van der Waals surface area contributed by atoms with Crippen molar-refractivity contribution in [3.05, 3.63) is 90.2 Å². The first-order valence-corrected chi connectivity index (χ1v) is 11.6. The van der Waals surface area contributed by atoms with Gasteiger partial charge in [0, 0.05) is 0 Å². The topological polar surface area (TPSA) is 75.7 Å². The molecule has 0 heterocycles. The molecule has 6 nitrogen and oxygen atoms in total. The predicted octanol–water partition coefficient (Wildman–Crippen LogP) is 4.30. The summed E-state index contributed by atoms with van der Waals surface area (Å²) < 4.78 is 46.8. The van der Waals surface area contributed by atoms with E-state index in [1.54, 1.807) is 68.4 Å². The van der Waals surface area contributed by atoms with Crippen molar-refractivity contribution in [2.75, 3.05) is 17.5 Å². The lowest BCUT2D eigenvalue weighted by Crippen LogP contribution is -2.41. The van der Waals surface area contributed by atoms with Gasteiger partial charge in [0.2, 0.25) is 5.91 Å². The molecule has 0 fully saturated rings. The Labute approximate surface area is 187 Å². The van der Waals surface area contributed by atoms with Gasteiger partial charge in [0.15, 0.2) is 0 Å². The summed E-state index contributed by atoms with van der Waals surface area (Å²) >= 11 is 0. The molecule has 0 aromatic heterocycles. The number of carbonyl (C=O) groups is 1. The Morgan fingerprint density at radius 1 is 1.00 bits per heavy atom. The van der Waals surface area contributed by atoms with E-state index in [0.717, 1.165) is 4.31 Å². The Morgan fingerprint density at radius 2 is 1.62 bits per heavy atom. The van der Waals surface area contributed by atoms with Crippen LogP contribution in [0.1, 0.15) is 25.5 Å². The van der Waals surface area contributed by atoms with Gasteiger partial charge in [-0.05, 0) is 55.8 Å². The maximum absolute atomic E-state index is 13.5. The molecule has 0 aliphatic rings. The monoisotopic (exact) mass is 456 g/mol. The minimum atomic E-state index is -4.05. The summed E-state index contributed by atoms with van der Waals surface area (Å²) in [6.45, 7) is 3.43. The smallest absolute Gasteiger partial charge is 0.264 e. The van der Waals surface area contributed by atoms with Crippen LogP contribution in [0, 0.1) is 5.82 Å². The number of anilines is 1. The summed E-state index contributed by atoms with van der Waals surface area (Å²) in [5.41, 5.74) is 0.967. The highest BCUT2D eigenvalue weighted by Gasteiger charge is 2.29. The van der Waals surface area contributed by atoms with E-state index >= 15 is 0 Å². The van der Waals surface area contributed by atoms with Gasteiger partial charge in [-0.25, -0.2) is 12.8 Å². The number of rotatable bonds is 9. The molecule has 3 rings (SSSR count). The molecule has 0 bridgehead atoms. The first-order valence-electron chi connectivity index (χ1n) is 10.2. The number of hydrogen-bond donors (Lipinski definition) is 1. The van der Waals surface area contributed by atoms with E-state index in [1.165, 1.54) is 24.3 Å². The van der Waals surface area contributed by atoms with E-state index in [2.05, 4.69) is 5.32 Å². The minimum Gasteiger partial charge on any atom is -0.492 e. The molecule has 1 unspecified atom stereocenters. The van der Waals surface area contributed by atoms with Crippen molar-refractivity contribution in [3.63, 3.8) is 0 Å². The van der Waals surface area contributed by atoms with Gasteiger partial charge in [0.25, 0.3) is 10.0 Å². The van der Waals surface area contributed by atoms with Crippen LogP contribution in [0.4, 0.5) is 10.1 Å². The Morgan fingerprint density at radius 3 is 2.28 bits per heavy atom. The second-order valence-corrected chi connectivity index (χ2v) is 8.93. The normalized spacial score (nSPS) is 12.1. The number of para-hydroxylation sites is 2. The standard InChI is InChI=1S/C24H25FN2O4S/c1-3-31-23-12-8-7-11-22(23)27(32(29,30)21-9-5-4-6-10-21)17-24(28)26-18(2)19-13-15-20(25)16-14-19/h4-16,18H,3,17H2,1-2H3,(H,26,28). The molecule has 0 saturated heterocycles. The minimum absolute atomic E-state index is 0.0608. The highest BCUT2D eigenvalue weighted by Crippen LogP contribution is 2.32. The molecule has 32 heavy (non-hydrogen) atoms. The van der Waals surface area contributed by atoms with Crippen LogP contribution in [0.2, 0.25) is 0 Å². The number of sulfonamides is 1. The third-order valence-electron chi connectivity index (χ3n) is 4.80. The van der Waals surface area contributed by atoms with E-state index in [9.17, 15) is 17.6 Å². The van der Waals surface area contributed by atoms with Crippen LogP contribution in [0.15, 0.2) is 83.8 Å². The zero-order chi connectivity index (χ0) is 23.1. The van der Waals surface area contributed by atoms with Gasteiger partial charge in [-0.1, -0.05) is 42.5 Å². The molecule has 1 amide bonds. The zero-order valence-corrected chi connectivity index (χ0v) is 18.7. The van der Waals surface area contributed by atoms with Crippen molar-refractivity contribution in [1.29, 1.82) is 0 Å². The Bertz CT molecular complexity index is 1150. The molecule has 0 spiro atoms. The first kappa shape index (κ1) is 23.3. The number of benzene rings is 3. The van der Waals surface area contributed by atoms with Crippen LogP contribution >= 0.6 is 0 Å². The van der Waals surface area contributed by atoms with Crippen LogP contribution in [-0.2, 0) is 14.8 Å². The fourth-order valence-electron chi connectivity index (χ4n) is 3.21. The number of ether oxygens (including phenoxy) is 1. The number of nitrogens with one attached hydrogen (secondary N) is 1. The van der Waals surface area contributed by atoms with Gasteiger partial charge in [0.1, 0.15) is 18.1 Å². The summed E-state index contributed by atoms with van der Waals surface area (Å²) in [5, 5.41) is 2.78. The largest absolute Gasteiger partial charge is 0.492 e. The quantitative estimate of drug-likeness (QED) is 0.521. The number of amides is 1. The van der Waals surface area contributed by atoms with Crippen molar-refractivity contribution >= 4 is 21.6 Å². The summed E-state index contributed by atoms with van der Waals surface area (Å²) in [6, 6.07) is 19.9. The maximum Gasteiger partial charge on any atom is 0.264 e. The van der Waals surface area contributed by atoms with Gasteiger partial charge in [-0.15, -0.1) is 0 Å². The molecule has 0 saturated carbocycles. The Hall–Kier alpha value is -3.39. The average Bonchev–Trinajstić information content (AvgIpc) is 2.79. The SMILES string of the molecule is CCOc1ccccc1N(CC(=O)NC(C)c1ccc(F)cc1)S(=O)(=O)c1ccccc1. The van der Waals surface area contributed by atoms with Crippen molar-refractivity contribution in [2.24, 2.45) is 0 Å². The van der Waals surface area contributed by atoms with Crippen LogP contribution in [0.25, 0.3) is 0 Å². The molecule has 3 aromatic rings. The third-order valence-corrected chi connectivity index (χ3v) is 6.57. The first-order chi connectivity index (χ1) is 15.3. The molecule has 168 valence electrons. The fourth-order valence-corrected chi connectivity index (χ4v) is 4.66. The molecule has 0 aliphatic carbocycles. The lowest BCUT2D eigenvalue weighted by molar-refractivity contribution is -0.120. The van der Waals surface area contributed by atoms with Crippen molar-refractivity contribution in [3.8, 4) is 5.75 Å². The second kappa shape index (κ2) is 10.3. The van der Waals surface area contributed by atoms with Crippen molar-refractivity contribution in [2.45, 2.75) is 24.8 Å². The molecular weight excluding hydrogens is 431 g/mol. The lowest BCUT2D eigenvalue weighted by atomic mass is 10.1. The van der Waals surface area contributed by atoms with Crippen LogP contribution in [0.3, 0.4) is 0 Å². The number of halogens is 1. The van der Waals surface area contributed by atoms with Gasteiger partial charge in [-0.3, -0.25) is 9.10 Å². The summed E-state index contributed by atoms with van der Waals surface area (Å²) in [4.78, 5) is 13.0. The van der Waals surface area contributed by atoms with Gasteiger partial charge >= 0.3 is 0 Å². The van der Waals surface area contributed by atoms with Gasteiger partial charge < -0.3 is 10.1 Å². The van der Waals surface area contributed by atoms with Crippen molar-refractivity contribution in [1.82, 2.24) is 5.32 Å². The average molecular weight is 457 g/mol. The third kappa shape index (κ3) is 5.45. The van der Waals surface area contributed by atoms with Crippen LogP contribution in [-0.4, -0.2) is 27.5 Å². The molecule has 0 radical (unpaired) electrons. The highest BCUT2D eigenvalue weighted by molar-refractivity contribution is 7.92. The number of carbonyl (C=O) groups excluding carboxylic acids is 1. The van der Waals surface area contributed by atoms with Crippen LogP contribution < -0.4 is 14.4 Å². The van der Waals surface area contributed by atoms with E-state index in [-0.39, 0.29) is 16.4 Å². The molecule has 8 heteroatoms. The van der Waals surface area contributed by atoms with Gasteiger partial charge in [0.05, 0.1) is 23.2 Å². The van der Waals surface area contributed by atoms with E-state index < -0.39 is 28.5 Å². The summed E-state index contributed by atoms with van der Waals surface area (Å²) in [6.07, 6.45) is 0. The van der Waals surface area contributed by atoms with E-state index in [1.807, 2.05) is 0 Å². The predicted molar refractivity (Wildman–Crippen MR) is 122 cm³/mol. The molecule has 0 aliphatic heterocycles. The molecule has 1 atom stereocenters. The number of hydrogen-bond acceptors (Lipinski definition) is 4. The molecule has 1 N–H and O–H groups in total. The number of nitrogens with zero attached hydrogens (tertiary/aromatic N) is 1. The summed E-state index contributed by atoms with van der Waals surface area (Å²) in [5.74, 6) is -0.526. The van der Waals surface area contributed by atoms with E-state index in [4.69, 9.17) is 4.74 Å².